The molecule has 1 N–H and O–H groups in total. The van der Waals surface area contributed by atoms with Crippen LogP contribution in [-0.2, 0) is 11.4 Å². The van der Waals surface area contributed by atoms with Crippen molar-refractivity contribution in [3.05, 3.63) is 87.8 Å². The maximum Gasteiger partial charge on any atom is 0.266 e. The van der Waals surface area contributed by atoms with E-state index in [1.165, 1.54) is 23.0 Å². The van der Waals surface area contributed by atoms with Crippen LogP contribution in [0.4, 0.5) is 5.00 Å². The largest absolute Gasteiger partial charge is 0.489 e. The Balaban J connectivity index is 1.66. The lowest BCUT2D eigenvalue weighted by Gasteiger charge is -2.07. The Morgan fingerprint density at radius 2 is 1.97 bits per heavy atom. The van der Waals surface area contributed by atoms with E-state index in [0.717, 1.165) is 5.56 Å². The molecule has 0 aliphatic heterocycles. The number of anilines is 1. The van der Waals surface area contributed by atoms with Crippen LogP contribution in [0.5, 0.6) is 5.75 Å². The van der Waals surface area contributed by atoms with Crippen LogP contribution in [0.25, 0.3) is 6.08 Å². The molecule has 0 bridgehead atoms. The van der Waals surface area contributed by atoms with Gasteiger partial charge in [-0.25, -0.2) is 0 Å². The van der Waals surface area contributed by atoms with Crippen LogP contribution in [0.2, 0.25) is 0 Å². The predicted octanol–water partition coefficient (Wildman–Crippen LogP) is 5.05. The molecule has 29 heavy (non-hydrogen) atoms. The molecule has 0 radical (unpaired) electrons. The Morgan fingerprint density at radius 3 is 2.66 bits per heavy atom. The molecule has 0 atom stereocenters. The molecule has 3 aromatic rings. The summed E-state index contributed by atoms with van der Waals surface area (Å²) in [5.74, 6) is 0.148. The molecule has 0 aliphatic rings. The second kappa shape index (κ2) is 9.36. The molecular weight excluding hydrogens is 382 g/mol. The first-order valence-electron chi connectivity index (χ1n) is 8.78. The first-order valence-corrected chi connectivity index (χ1v) is 9.66. The summed E-state index contributed by atoms with van der Waals surface area (Å²) in [7, 11) is 0. The van der Waals surface area contributed by atoms with E-state index >= 15 is 0 Å². The summed E-state index contributed by atoms with van der Waals surface area (Å²) in [5.41, 5.74) is 3.29. The van der Waals surface area contributed by atoms with Gasteiger partial charge < -0.3 is 10.1 Å². The van der Waals surface area contributed by atoms with Gasteiger partial charge in [0.2, 0.25) is 0 Å². The normalized spacial score (nSPS) is 10.7. The number of rotatable bonds is 6. The number of nitrogens with one attached hydrogen (secondary N) is 1. The first-order chi connectivity index (χ1) is 14.1. The van der Waals surface area contributed by atoms with Gasteiger partial charge in [-0.2, -0.15) is 10.5 Å². The molecule has 1 aromatic heterocycles. The number of carbonyl (C=O) groups is 1. The van der Waals surface area contributed by atoms with Crippen molar-refractivity contribution in [3.8, 4) is 17.9 Å². The zero-order valence-electron chi connectivity index (χ0n) is 15.7. The number of benzene rings is 2. The zero-order valence-corrected chi connectivity index (χ0v) is 16.5. The third-order valence-electron chi connectivity index (χ3n) is 4.06. The van der Waals surface area contributed by atoms with Crippen LogP contribution < -0.4 is 10.1 Å². The minimum absolute atomic E-state index is 0.0456. The molecule has 0 aliphatic carbocycles. The number of nitriles is 2. The van der Waals surface area contributed by atoms with Crippen molar-refractivity contribution in [2.45, 2.75) is 13.5 Å². The molecule has 0 saturated heterocycles. The molecule has 1 amide bonds. The van der Waals surface area contributed by atoms with Crippen molar-refractivity contribution in [1.29, 1.82) is 10.5 Å². The second-order valence-corrected chi connectivity index (χ2v) is 7.16. The average molecular weight is 399 g/mol. The highest BCUT2D eigenvalue weighted by atomic mass is 32.1. The Kier molecular flexibility index (Phi) is 6.42. The number of carbonyl (C=O) groups excluding carboxylic acids is 1. The highest BCUT2D eigenvalue weighted by Gasteiger charge is 2.13. The van der Waals surface area contributed by atoms with E-state index in [-0.39, 0.29) is 5.57 Å². The van der Waals surface area contributed by atoms with Gasteiger partial charge in [-0.05, 0) is 47.7 Å². The van der Waals surface area contributed by atoms with Crippen LogP contribution in [0.1, 0.15) is 22.3 Å². The average Bonchev–Trinajstić information content (AvgIpc) is 3.18. The third kappa shape index (κ3) is 5.32. The number of hydrogen-bond donors (Lipinski definition) is 1. The summed E-state index contributed by atoms with van der Waals surface area (Å²) >= 11 is 1.24. The SMILES string of the molecule is Cc1cccc(COc2ccc(C=C(C#N)C(=O)Nc3sccc3C#N)cc2)c1. The van der Waals surface area contributed by atoms with Crippen LogP contribution in [0.3, 0.4) is 0 Å². The van der Waals surface area contributed by atoms with Crippen molar-refractivity contribution in [2.24, 2.45) is 0 Å². The summed E-state index contributed by atoms with van der Waals surface area (Å²) in [6, 6.07) is 20.8. The van der Waals surface area contributed by atoms with Crippen molar-refractivity contribution in [1.82, 2.24) is 0 Å². The zero-order chi connectivity index (χ0) is 20.6. The van der Waals surface area contributed by atoms with E-state index in [1.807, 2.05) is 37.3 Å². The van der Waals surface area contributed by atoms with E-state index in [9.17, 15) is 10.1 Å². The van der Waals surface area contributed by atoms with Crippen LogP contribution in [0, 0.1) is 29.6 Å². The molecule has 0 saturated carbocycles. The topological polar surface area (TPSA) is 85.9 Å². The highest BCUT2D eigenvalue weighted by molar-refractivity contribution is 7.14. The maximum atomic E-state index is 12.3. The minimum Gasteiger partial charge on any atom is -0.489 e. The minimum atomic E-state index is -0.550. The van der Waals surface area contributed by atoms with Crippen molar-refractivity contribution < 1.29 is 9.53 Å². The second-order valence-electron chi connectivity index (χ2n) is 6.25. The standard InChI is InChI=1S/C23H17N3O2S/c1-16-3-2-4-18(11-16)15-28-21-7-5-17(6-8-21)12-20(14-25)22(27)26-23-19(13-24)9-10-29-23/h2-12H,15H2,1H3,(H,26,27). The van der Waals surface area contributed by atoms with E-state index in [1.54, 1.807) is 35.7 Å². The summed E-state index contributed by atoms with van der Waals surface area (Å²) in [6.45, 7) is 2.50. The number of thiophene rings is 1. The van der Waals surface area contributed by atoms with Crippen LogP contribution in [-0.4, -0.2) is 5.91 Å². The molecule has 0 spiro atoms. The van der Waals surface area contributed by atoms with Gasteiger partial charge in [0, 0.05) is 0 Å². The van der Waals surface area contributed by atoms with Gasteiger partial charge in [0.25, 0.3) is 5.91 Å². The van der Waals surface area contributed by atoms with Crippen molar-refractivity contribution >= 4 is 28.3 Å². The quantitative estimate of drug-likeness (QED) is 0.464. The lowest BCUT2D eigenvalue weighted by molar-refractivity contribution is -0.112. The van der Waals surface area contributed by atoms with Crippen LogP contribution in [0.15, 0.2) is 65.6 Å². The molecule has 3 rings (SSSR count). The molecular formula is C23H17N3O2S. The molecule has 2 aromatic carbocycles. The predicted molar refractivity (Wildman–Crippen MR) is 113 cm³/mol. The molecule has 6 heteroatoms. The van der Waals surface area contributed by atoms with Gasteiger partial charge in [0.05, 0.1) is 5.56 Å². The van der Waals surface area contributed by atoms with Gasteiger partial charge in [0.15, 0.2) is 0 Å². The third-order valence-corrected chi connectivity index (χ3v) is 4.89. The lowest BCUT2D eigenvalue weighted by atomic mass is 10.1. The van der Waals surface area contributed by atoms with Gasteiger partial charge in [-0.3, -0.25) is 4.79 Å². The fourth-order valence-electron chi connectivity index (χ4n) is 2.61. The van der Waals surface area contributed by atoms with Crippen molar-refractivity contribution in [2.75, 3.05) is 5.32 Å². The fourth-order valence-corrected chi connectivity index (χ4v) is 3.34. The fraction of sp³-hybridized carbons (Fsp3) is 0.0870. The summed E-state index contributed by atoms with van der Waals surface area (Å²) in [4.78, 5) is 12.3. The van der Waals surface area contributed by atoms with Gasteiger partial charge in [-0.1, -0.05) is 42.0 Å². The summed E-state index contributed by atoms with van der Waals surface area (Å²) in [5, 5.41) is 23.1. The van der Waals surface area contributed by atoms with E-state index in [4.69, 9.17) is 10.00 Å². The number of ether oxygens (including phenoxy) is 1. The van der Waals surface area contributed by atoms with Crippen molar-refractivity contribution in [3.63, 3.8) is 0 Å². The number of hydrogen-bond acceptors (Lipinski definition) is 5. The molecule has 0 fully saturated rings. The molecule has 5 nitrogen and oxygen atoms in total. The highest BCUT2D eigenvalue weighted by Crippen LogP contribution is 2.23. The van der Waals surface area contributed by atoms with E-state index < -0.39 is 5.91 Å². The monoisotopic (exact) mass is 399 g/mol. The molecule has 0 unspecified atom stereocenters. The molecule has 1 heterocycles. The van der Waals surface area contributed by atoms with Crippen LogP contribution >= 0.6 is 11.3 Å². The Labute approximate surface area is 173 Å². The first kappa shape index (κ1) is 19.9. The number of aryl methyl sites for hydroxylation is 1. The molecule has 142 valence electrons. The lowest BCUT2D eigenvalue weighted by Crippen LogP contribution is -2.13. The Hall–Kier alpha value is -3.87. The number of nitrogens with zero attached hydrogens (tertiary/aromatic N) is 2. The smallest absolute Gasteiger partial charge is 0.266 e. The van der Waals surface area contributed by atoms with E-state index in [0.29, 0.717) is 28.5 Å². The maximum absolute atomic E-state index is 12.3. The van der Waals surface area contributed by atoms with Gasteiger partial charge >= 0.3 is 0 Å². The Morgan fingerprint density at radius 1 is 1.17 bits per heavy atom. The van der Waals surface area contributed by atoms with E-state index in [2.05, 4.69) is 11.4 Å². The summed E-state index contributed by atoms with van der Waals surface area (Å²) in [6.07, 6.45) is 1.50. The number of amides is 1. The Bertz CT molecular complexity index is 1130. The summed E-state index contributed by atoms with van der Waals surface area (Å²) < 4.78 is 5.78. The van der Waals surface area contributed by atoms with Gasteiger partial charge in [0.1, 0.15) is 35.1 Å². The van der Waals surface area contributed by atoms with Gasteiger partial charge in [-0.15, -0.1) is 11.3 Å².